The molecule has 0 atom stereocenters. The Bertz CT molecular complexity index is 793. The van der Waals surface area contributed by atoms with E-state index in [-0.39, 0.29) is 24.9 Å². The van der Waals surface area contributed by atoms with Crippen molar-refractivity contribution in [1.29, 1.82) is 0 Å². The second kappa shape index (κ2) is 6.62. The Labute approximate surface area is 136 Å². The van der Waals surface area contributed by atoms with Crippen LogP contribution in [0.4, 0.5) is 6.01 Å². The minimum atomic E-state index is -0.398. The summed E-state index contributed by atoms with van der Waals surface area (Å²) in [6, 6.07) is 10.9. The van der Waals surface area contributed by atoms with Crippen molar-refractivity contribution in [3.05, 3.63) is 46.7 Å². The largest absolute Gasteiger partial charge is 0.469 e. The average molecular weight is 330 g/mol. The van der Waals surface area contributed by atoms with Crippen LogP contribution in [0.2, 0.25) is 0 Å². The first-order valence-electron chi connectivity index (χ1n) is 6.97. The van der Waals surface area contributed by atoms with Crippen LogP contribution < -0.4 is 4.90 Å². The van der Waals surface area contributed by atoms with Crippen LogP contribution in [0.25, 0.3) is 11.1 Å². The van der Waals surface area contributed by atoms with E-state index in [1.54, 1.807) is 24.3 Å². The van der Waals surface area contributed by atoms with E-state index < -0.39 is 5.97 Å². The molecule has 0 spiro atoms. The van der Waals surface area contributed by atoms with Gasteiger partial charge in [0.1, 0.15) is 5.52 Å². The molecule has 0 aliphatic heterocycles. The quantitative estimate of drug-likeness (QED) is 0.672. The minimum absolute atomic E-state index is 0.0618. The maximum Gasteiger partial charge on any atom is 0.307 e. The molecule has 3 rings (SSSR count). The van der Waals surface area contributed by atoms with Crippen molar-refractivity contribution < 1.29 is 18.7 Å². The number of rotatable bonds is 5. The van der Waals surface area contributed by atoms with Crippen molar-refractivity contribution in [2.45, 2.75) is 6.42 Å². The second-order valence-electron chi connectivity index (χ2n) is 4.72. The van der Waals surface area contributed by atoms with Gasteiger partial charge in [0.15, 0.2) is 5.58 Å². The fourth-order valence-corrected chi connectivity index (χ4v) is 2.77. The molecule has 0 fully saturated rings. The normalized spacial score (nSPS) is 10.7. The number of ether oxygens (including phenoxy) is 1. The molecule has 2 heterocycles. The fraction of sp³-hybridized carbons (Fsp3) is 0.188. The third kappa shape index (κ3) is 3.24. The van der Waals surface area contributed by atoms with E-state index in [9.17, 15) is 9.59 Å². The van der Waals surface area contributed by atoms with E-state index in [4.69, 9.17) is 4.42 Å². The molecule has 2 aromatic heterocycles. The third-order valence-electron chi connectivity index (χ3n) is 3.26. The summed E-state index contributed by atoms with van der Waals surface area (Å²) in [5, 5.41) is 1.82. The number of anilines is 1. The predicted octanol–water partition coefficient (Wildman–Crippen LogP) is 3.10. The number of carbonyl (C=O) groups excluding carboxylic acids is 2. The topological polar surface area (TPSA) is 72.6 Å². The number of carbonyl (C=O) groups is 2. The summed E-state index contributed by atoms with van der Waals surface area (Å²) in [6.07, 6.45) is 0.0618. The monoisotopic (exact) mass is 330 g/mol. The highest BCUT2D eigenvalue weighted by Crippen LogP contribution is 2.24. The molecule has 1 aromatic carbocycles. The molecule has 118 valence electrons. The number of para-hydroxylation sites is 2. The summed E-state index contributed by atoms with van der Waals surface area (Å²) in [6.45, 7) is 0.135. The van der Waals surface area contributed by atoms with Crippen LogP contribution in [0.5, 0.6) is 0 Å². The van der Waals surface area contributed by atoms with E-state index >= 15 is 0 Å². The van der Waals surface area contributed by atoms with E-state index in [2.05, 4.69) is 9.72 Å². The minimum Gasteiger partial charge on any atom is -0.469 e. The zero-order chi connectivity index (χ0) is 16.2. The Balaban J connectivity index is 1.93. The number of thiophene rings is 1. The number of amides is 1. The zero-order valence-electron chi connectivity index (χ0n) is 12.4. The number of hydrogen-bond acceptors (Lipinski definition) is 6. The summed E-state index contributed by atoms with van der Waals surface area (Å²) in [4.78, 5) is 30.3. The second-order valence-corrected chi connectivity index (χ2v) is 5.67. The molecule has 0 saturated heterocycles. The van der Waals surface area contributed by atoms with Gasteiger partial charge in [0.05, 0.1) is 18.4 Å². The Morgan fingerprint density at radius 2 is 2.09 bits per heavy atom. The molecule has 0 aliphatic carbocycles. The molecule has 1 amide bonds. The average Bonchev–Trinajstić information content (AvgIpc) is 3.23. The van der Waals surface area contributed by atoms with Crippen LogP contribution in [0.15, 0.2) is 46.2 Å². The van der Waals surface area contributed by atoms with E-state index in [0.717, 1.165) is 0 Å². The Morgan fingerprint density at radius 3 is 2.78 bits per heavy atom. The van der Waals surface area contributed by atoms with Crippen LogP contribution in [-0.2, 0) is 9.53 Å². The number of oxazole rings is 1. The highest BCUT2D eigenvalue weighted by atomic mass is 32.1. The summed E-state index contributed by atoms with van der Waals surface area (Å²) in [7, 11) is 1.31. The van der Waals surface area contributed by atoms with Gasteiger partial charge in [0.2, 0.25) is 0 Å². The summed E-state index contributed by atoms with van der Waals surface area (Å²) in [5.41, 5.74) is 1.24. The molecule has 7 heteroatoms. The number of aromatic nitrogens is 1. The number of methoxy groups -OCH3 is 1. The van der Waals surface area contributed by atoms with Gasteiger partial charge in [-0.1, -0.05) is 18.2 Å². The molecular weight excluding hydrogens is 316 g/mol. The van der Waals surface area contributed by atoms with Crippen molar-refractivity contribution in [3.8, 4) is 0 Å². The summed E-state index contributed by atoms with van der Waals surface area (Å²) >= 11 is 1.32. The van der Waals surface area contributed by atoms with E-state index in [0.29, 0.717) is 16.0 Å². The molecule has 0 radical (unpaired) electrons. The first kappa shape index (κ1) is 15.2. The van der Waals surface area contributed by atoms with Crippen LogP contribution in [0.3, 0.4) is 0 Å². The lowest BCUT2D eigenvalue weighted by Crippen LogP contribution is -2.33. The molecule has 0 bridgehead atoms. The van der Waals surface area contributed by atoms with Gasteiger partial charge in [-0.2, -0.15) is 4.98 Å². The van der Waals surface area contributed by atoms with Gasteiger partial charge in [-0.05, 0) is 23.6 Å². The molecule has 0 unspecified atom stereocenters. The van der Waals surface area contributed by atoms with Gasteiger partial charge in [-0.25, -0.2) is 0 Å². The first-order chi connectivity index (χ1) is 11.2. The fourth-order valence-electron chi connectivity index (χ4n) is 2.10. The number of benzene rings is 1. The van der Waals surface area contributed by atoms with Gasteiger partial charge in [0, 0.05) is 6.54 Å². The SMILES string of the molecule is COC(=O)CCN(C(=O)c1cccs1)c1nc2ccccc2o1. The molecule has 0 saturated carbocycles. The molecule has 23 heavy (non-hydrogen) atoms. The lowest BCUT2D eigenvalue weighted by atomic mass is 10.3. The number of nitrogens with zero attached hydrogens (tertiary/aromatic N) is 2. The predicted molar refractivity (Wildman–Crippen MR) is 86.6 cm³/mol. The summed E-state index contributed by atoms with van der Waals surface area (Å²) in [5.74, 6) is -0.652. The highest BCUT2D eigenvalue weighted by molar-refractivity contribution is 7.12. The zero-order valence-corrected chi connectivity index (χ0v) is 13.2. The number of hydrogen-bond donors (Lipinski definition) is 0. The van der Waals surface area contributed by atoms with Crippen molar-refractivity contribution in [3.63, 3.8) is 0 Å². The van der Waals surface area contributed by atoms with Crippen molar-refractivity contribution in [2.75, 3.05) is 18.6 Å². The Kier molecular flexibility index (Phi) is 4.38. The number of esters is 1. The molecule has 3 aromatic rings. The van der Waals surface area contributed by atoms with Crippen molar-refractivity contribution in [2.24, 2.45) is 0 Å². The van der Waals surface area contributed by atoms with Gasteiger partial charge in [-0.3, -0.25) is 14.5 Å². The van der Waals surface area contributed by atoms with Gasteiger partial charge < -0.3 is 9.15 Å². The molecule has 0 aliphatic rings. The van der Waals surface area contributed by atoms with Gasteiger partial charge in [0.25, 0.3) is 5.91 Å². The molecule has 6 nitrogen and oxygen atoms in total. The van der Waals surface area contributed by atoms with Crippen LogP contribution >= 0.6 is 11.3 Å². The lowest BCUT2D eigenvalue weighted by Gasteiger charge is -2.17. The first-order valence-corrected chi connectivity index (χ1v) is 7.85. The van der Waals surface area contributed by atoms with Gasteiger partial charge >= 0.3 is 12.0 Å². The lowest BCUT2D eigenvalue weighted by molar-refractivity contribution is -0.140. The Hall–Kier alpha value is -2.67. The van der Waals surface area contributed by atoms with Crippen LogP contribution in [-0.4, -0.2) is 30.5 Å². The molecular formula is C16H14N2O4S. The highest BCUT2D eigenvalue weighted by Gasteiger charge is 2.24. The van der Waals surface area contributed by atoms with Gasteiger partial charge in [-0.15, -0.1) is 11.3 Å². The third-order valence-corrected chi connectivity index (χ3v) is 4.12. The van der Waals surface area contributed by atoms with Crippen LogP contribution in [0, 0.1) is 0 Å². The van der Waals surface area contributed by atoms with Crippen LogP contribution in [0.1, 0.15) is 16.1 Å². The standard InChI is InChI=1S/C16H14N2O4S/c1-21-14(19)8-9-18(15(20)13-7-4-10-23-13)16-17-11-5-2-3-6-12(11)22-16/h2-7,10H,8-9H2,1H3. The molecule has 0 N–H and O–H groups in total. The smallest absolute Gasteiger partial charge is 0.307 e. The maximum atomic E-state index is 12.7. The van der Waals surface area contributed by atoms with E-state index in [1.807, 2.05) is 17.5 Å². The summed E-state index contributed by atoms with van der Waals surface area (Å²) < 4.78 is 10.3. The van der Waals surface area contributed by atoms with E-state index in [1.165, 1.54) is 23.3 Å². The number of fused-ring (bicyclic) bond motifs is 1. The maximum absolute atomic E-state index is 12.7. The Morgan fingerprint density at radius 1 is 1.26 bits per heavy atom. The van der Waals surface area contributed by atoms with Crippen molar-refractivity contribution in [1.82, 2.24) is 4.98 Å². The van der Waals surface area contributed by atoms with Crippen molar-refractivity contribution >= 4 is 40.3 Å².